The van der Waals surface area contributed by atoms with Gasteiger partial charge in [-0.1, -0.05) is 29.8 Å². The number of hydrogen-bond acceptors (Lipinski definition) is 3. The average Bonchev–Trinajstić information content (AvgIpc) is 3.20. The average molecular weight is 327 g/mol. The summed E-state index contributed by atoms with van der Waals surface area (Å²) in [5, 5.41) is 2.76. The Kier molecular flexibility index (Phi) is 4.84. The summed E-state index contributed by atoms with van der Waals surface area (Å²) < 4.78 is 5.16. The van der Waals surface area contributed by atoms with Crippen LogP contribution in [-0.2, 0) is 17.9 Å². The molecular weight excluding hydrogens is 306 g/mol. The molecule has 126 valence electrons. The van der Waals surface area contributed by atoms with E-state index in [1.165, 1.54) is 5.56 Å². The van der Waals surface area contributed by atoms with Gasteiger partial charge < -0.3 is 19.5 Å². The highest BCUT2D eigenvalue weighted by atomic mass is 16.3. The lowest BCUT2D eigenvalue weighted by atomic mass is 10.1. The Labute approximate surface area is 141 Å². The van der Waals surface area contributed by atoms with E-state index in [1.807, 2.05) is 31.2 Å². The third-order valence-electron chi connectivity index (χ3n) is 4.05. The standard InChI is InChI=1S/C18H21N3O3/c1-14-4-6-15(7-5-14)12-20-8-9-21(18(20)23)13-17(22)19-11-16-3-2-10-24-16/h2-7,10H,8-9,11-13H2,1H3,(H,19,22). The first-order valence-electron chi connectivity index (χ1n) is 8.00. The summed E-state index contributed by atoms with van der Waals surface area (Å²) in [6, 6.07) is 11.6. The molecule has 6 nitrogen and oxygen atoms in total. The number of nitrogens with one attached hydrogen (secondary N) is 1. The fourth-order valence-electron chi connectivity index (χ4n) is 2.67. The van der Waals surface area contributed by atoms with E-state index < -0.39 is 0 Å². The number of nitrogens with zero attached hydrogens (tertiary/aromatic N) is 2. The van der Waals surface area contributed by atoms with Crippen LogP contribution in [0, 0.1) is 6.92 Å². The van der Waals surface area contributed by atoms with Gasteiger partial charge in [0.1, 0.15) is 12.3 Å². The van der Waals surface area contributed by atoms with E-state index in [1.54, 1.807) is 28.2 Å². The van der Waals surface area contributed by atoms with Crippen molar-refractivity contribution >= 4 is 11.9 Å². The molecule has 0 radical (unpaired) electrons. The molecule has 6 heteroatoms. The first-order valence-corrected chi connectivity index (χ1v) is 8.00. The van der Waals surface area contributed by atoms with Crippen LogP contribution in [0.1, 0.15) is 16.9 Å². The number of carbonyl (C=O) groups excluding carboxylic acids is 2. The molecule has 1 saturated heterocycles. The third kappa shape index (κ3) is 3.95. The summed E-state index contributed by atoms with van der Waals surface area (Å²) >= 11 is 0. The monoisotopic (exact) mass is 327 g/mol. The predicted octanol–water partition coefficient (Wildman–Crippen LogP) is 2.14. The van der Waals surface area contributed by atoms with Crippen molar-refractivity contribution in [1.82, 2.24) is 15.1 Å². The number of rotatable bonds is 6. The van der Waals surface area contributed by atoms with E-state index in [-0.39, 0.29) is 18.5 Å². The van der Waals surface area contributed by atoms with Crippen LogP contribution in [0.15, 0.2) is 47.1 Å². The molecule has 1 aromatic carbocycles. The van der Waals surface area contributed by atoms with Gasteiger partial charge in [-0.2, -0.15) is 0 Å². The summed E-state index contributed by atoms with van der Waals surface area (Å²) in [6.07, 6.45) is 1.56. The molecule has 0 atom stereocenters. The SMILES string of the molecule is Cc1ccc(CN2CCN(CC(=O)NCc3ccco3)C2=O)cc1. The van der Waals surface area contributed by atoms with Crippen molar-refractivity contribution in [2.24, 2.45) is 0 Å². The lowest BCUT2D eigenvalue weighted by Crippen LogP contribution is -2.39. The molecule has 24 heavy (non-hydrogen) atoms. The van der Waals surface area contributed by atoms with E-state index in [4.69, 9.17) is 4.42 Å². The van der Waals surface area contributed by atoms with Crippen molar-refractivity contribution in [2.75, 3.05) is 19.6 Å². The van der Waals surface area contributed by atoms with Gasteiger partial charge in [0.15, 0.2) is 0 Å². The van der Waals surface area contributed by atoms with Crippen LogP contribution in [0.4, 0.5) is 4.79 Å². The van der Waals surface area contributed by atoms with Crippen molar-refractivity contribution in [3.05, 3.63) is 59.5 Å². The molecule has 3 rings (SSSR count). The molecule has 2 heterocycles. The highest BCUT2D eigenvalue weighted by Gasteiger charge is 2.29. The molecule has 0 bridgehead atoms. The van der Waals surface area contributed by atoms with E-state index in [0.29, 0.717) is 31.9 Å². The summed E-state index contributed by atoms with van der Waals surface area (Å²) in [5.41, 5.74) is 2.29. The fraction of sp³-hybridized carbons (Fsp3) is 0.333. The summed E-state index contributed by atoms with van der Waals surface area (Å²) in [6.45, 7) is 4.22. The molecule has 1 aliphatic heterocycles. The maximum atomic E-state index is 12.4. The molecule has 0 saturated carbocycles. The largest absolute Gasteiger partial charge is 0.467 e. The Morgan fingerprint density at radius 1 is 1.17 bits per heavy atom. The topological polar surface area (TPSA) is 65.8 Å². The molecule has 1 aliphatic rings. The third-order valence-corrected chi connectivity index (χ3v) is 4.05. The number of benzene rings is 1. The quantitative estimate of drug-likeness (QED) is 0.884. The number of amides is 3. The van der Waals surface area contributed by atoms with E-state index >= 15 is 0 Å². The van der Waals surface area contributed by atoms with Crippen molar-refractivity contribution in [3.63, 3.8) is 0 Å². The van der Waals surface area contributed by atoms with Gasteiger partial charge in [0, 0.05) is 19.6 Å². The molecule has 0 unspecified atom stereocenters. The van der Waals surface area contributed by atoms with Gasteiger partial charge in [-0.15, -0.1) is 0 Å². The first kappa shape index (κ1) is 16.1. The van der Waals surface area contributed by atoms with E-state index in [9.17, 15) is 9.59 Å². The Morgan fingerprint density at radius 2 is 1.92 bits per heavy atom. The van der Waals surface area contributed by atoms with Gasteiger partial charge >= 0.3 is 6.03 Å². The van der Waals surface area contributed by atoms with Gasteiger partial charge in [-0.05, 0) is 24.6 Å². The first-order chi connectivity index (χ1) is 11.6. The predicted molar refractivity (Wildman–Crippen MR) is 89.1 cm³/mol. The molecule has 1 fully saturated rings. The molecule has 2 aromatic rings. The zero-order chi connectivity index (χ0) is 16.9. The van der Waals surface area contributed by atoms with Crippen molar-refractivity contribution in [1.29, 1.82) is 0 Å². The van der Waals surface area contributed by atoms with Gasteiger partial charge in [-0.3, -0.25) is 4.79 Å². The highest BCUT2D eigenvalue weighted by molar-refractivity contribution is 5.85. The lowest BCUT2D eigenvalue weighted by Gasteiger charge is -2.18. The van der Waals surface area contributed by atoms with Crippen molar-refractivity contribution in [3.8, 4) is 0 Å². The number of aryl methyl sites for hydroxylation is 1. The van der Waals surface area contributed by atoms with Gasteiger partial charge in [0.2, 0.25) is 5.91 Å². The molecule has 1 N–H and O–H groups in total. The Morgan fingerprint density at radius 3 is 2.62 bits per heavy atom. The second-order valence-electron chi connectivity index (χ2n) is 5.97. The maximum absolute atomic E-state index is 12.4. The maximum Gasteiger partial charge on any atom is 0.320 e. The van der Waals surface area contributed by atoms with Crippen molar-refractivity contribution in [2.45, 2.75) is 20.0 Å². The normalized spacial score (nSPS) is 14.3. The molecule has 1 aromatic heterocycles. The number of urea groups is 1. The van der Waals surface area contributed by atoms with E-state index in [0.717, 1.165) is 5.56 Å². The van der Waals surface area contributed by atoms with Crippen LogP contribution in [0.2, 0.25) is 0 Å². The zero-order valence-corrected chi connectivity index (χ0v) is 13.7. The lowest BCUT2D eigenvalue weighted by molar-refractivity contribution is -0.121. The molecule has 0 spiro atoms. The Balaban J connectivity index is 1.48. The zero-order valence-electron chi connectivity index (χ0n) is 13.7. The van der Waals surface area contributed by atoms with Gasteiger partial charge in [0.05, 0.1) is 12.8 Å². The second kappa shape index (κ2) is 7.21. The van der Waals surface area contributed by atoms with Crippen LogP contribution < -0.4 is 5.32 Å². The minimum atomic E-state index is -0.183. The van der Waals surface area contributed by atoms with Crippen LogP contribution in [-0.4, -0.2) is 41.4 Å². The Hall–Kier alpha value is -2.76. The molecule has 3 amide bonds. The number of furan rings is 1. The second-order valence-corrected chi connectivity index (χ2v) is 5.97. The van der Waals surface area contributed by atoms with Crippen LogP contribution in [0.3, 0.4) is 0 Å². The fourth-order valence-corrected chi connectivity index (χ4v) is 2.67. The van der Waals surface area contributed by atoms with Crippen LogP contribution in [0.5, 0.6) is 0 Å². The highest BCUT2D eigenvalue weighted by Crippen LogP contribution is 2.13. The summed E-state index contributed by atoms with van der Waals surface area (Å²) in [5.74, 6) is 0.508. The number of hydrogen-bond donors (Lipinski definition) is 1. The van der Waals surface area contributed by atoms with Gasteiger partial charge in [-0.25, -0.2) is 4.79 Å². The Bertz CT molecular complexity index is 695. The van der Waals surface area contributed by atoms with E-state index in [2.05, 4.69) is 5.32 Å². The summed E-state index contributed by atoms with van der Waals surface area (Å²) in [4.78, 5) is 27.7. The summed E-state index contributed by atoms with van der Waals surface area (Å²) in [7, 11) is 0. The van der Waals surface area contributed by atoms with Gasteiger partial charge in [0.25, 0.3) is 0 Å². The van der Waals surface area contributed by atoms with Crippen molar-refractivity contribution < 1.29 is 14.0 Å². The minimum absolute atomic E-state index is 0.0734. The molecular formula is C18H21N3O3. The van der Waals surface area contributed by atoms with Crippen LogP contribution in [0.25, 0.3) is 0 Å². The molecule has 0 aliphatic carbocycles. The number of carbonyl (C=O) groups is 2. The minimum Gasteiger partial charge on any atom is -0.467 e. The van der Waals surface area contributed by atoms with Crippen LogP contribution >= 0.6 is 0 Å². The smallest absolute Gasteiger partial charge is 0.320 e.